The average Bonchev–Trinajstić information content (AvgIpc) is 2.44. The summed E-state index contributed by atoms with van der Waals surface area (Å²) in [6.45, 7) is 4.58. The third kappa shape index (κ3) is 3.45. The topological polar surface area (TPSA) is 75.4 Å². The van der Waals surface area contributed by atoms with Crippen molar-refractivity contribution in [3.05, 3.63) is 0 Å². The van der Waals surface area contributed by atoms with Gasteiger partial charge in [0, 0.05) is 12.0 Å². The van der Waals surface area contributed by atoms with Crippen molar-refractivity contribution in [1.29, 1.82) is 0 Å². The SMILES string of the molecule is CCC(N)(CC)C(=O)NCC1(CO)CCCCC1. The van der Waals surface area contributed by atoms with Crippen molar-refractivity contribution < 1.29 is 9.90 Å². The van der Waals surface area contributed by atoms with Crippen LogP contribution in [-0.4, -0.2) is 29.7 Å². The molecule has 1 fully saturated rings. The Balaban J connectivity index is 2.55. The molecule has 1 saturated carbocycles. The van der Waals surface area contributed by atoms with Crippen molar-refractivity contribution in [2.24, 2.45) is 11.1 Å². The maximum atomic E-state index is 12.1. The summed E-state index contributed by atoms with van der Waals surface area (Å²) in [5.41, 5.74) is 5.19. The average molecular weight is 256 g/mol. The second-order valence-corrected chi connectivity index (χ2v) is 5.76. The molecule has 106 valence electrons. The Morgan fingerprint density at radius 2 is 1.83 bits per heavy atom. The van der Waals surface area contributed by atoms with E-state index in [0.29, 0.717) is 19.4 Å². The van der Waals surface area contributed by atoms with Crippen LogP contribution >= 0.6 is 0 Å². The Bertz CT molecular complexity index is 269. The summed E-state index contributed by atoms with van der Waals surface area (Å²) in [6, 6.07) is 0. The van der Waals surface area contributed by atoms with Crippen LogP contribution in [0.2, 0.25) is 0 Å². The number of carbonyl (C=O) groups excluding carboxylic acids is 1. The van der Waals surface area contributed by atoms with Crippen LogP contribution in [0.3, 0.4) is 0 Å². The number of nitrogens with one attached hydrogen (secondary N) is 1. The van der Waals surface area contributed by atoms with Crippen molar-refractivity contribution in [1.82, 2.24) is 5.32 Å². The molecule has 1 aliphatic carbocycles. The molecular formula is C14H28N2O2. The number of rotatable bonds is 6. The Morgan fingerprint density at radius 1 is 1.28 bits per heavy atom. The van der Waals surface area contributed by atoms with Crippen LogP contribution in [-0.2, 0) is 4.79 Å². The highest BCUT2D eigenvalue weighted by atomic mass is 16.3. The molecule has 0 spiro atoms. The molecule has 0 aromatic carbocycles. The monoisotopic (exact) mass is 256 g/mol. The highest BCUT2D eigenvalue weighted by Gasteiger charge is 2.35. The number of hydrogen-bond acceptors (Lipinski definition) is 3. The fourth-order valence-electron chi connectivity index (χ4n) is 2.71. The Kier molecular flexibility index (Phi) is 5.60. The van der Waals surface area contributed by atoms with E-state index in [-0.39, 0.29) is 17.9 Å². The molecule has 0 aromatic heterocycles. The summed E-state index contributed by atoms with van der Waals surface area (Å²) >= 11 is 0. The summed E-state index contributed by atoms with van der Waals surface area (Å²) in [7, 11) is 0. The van der Waals surface area contributed by atoms with E-state index in [1.165, 1.54) is 6.42 Å². The Morgan fingerprint density at radius 3 is 2.28 bits per heavy atom. The summed E-state index contributed by atoms with van der Waals surface area (Å²) in [5, 5.41) is 12.6. The maximum Gasteiger partial charge on any atom is 0.240 e. The van der Waals surface area contributed by atoms with Gasteiger partial charge in [-0.1, -0.05) is 33.1 Å². The van der Waals surface area contributed by atoms with Crippen molar-refractivity contribution in [2.45, 2.75) is 64.3 Å². The normalized spacial score (nSPS) is 19.6. The lowest BCUT2D eigenvalue weighted by Crippen LogP contribution is -2.55. The van der Waals surface area contributed by atoms with E-state index in [2.05, 4.69) is 5.32 Å². The molecule has 4 heteroatoms. The highest BCUT2D eigenvalue weighted by molar-refractivity contribution is 5.85. The van der Waals surface area contributed by atoms with Crippen LogP contribution < -0.4 is 11.1 Å². The van der Waals surface area contributed by atoms with E-state index in [9.17, 15) is 9.90 Å². The molecule has 1 rings (SSSR count). The number of hydrogen-bond donors (Lipinski definition) is 3. The molecule has 0 radical (unpaired) electrons. The summed E-state index contributed by atoms with van der Waals surface area (Å²) in [5.74, 6) is -0.0779. The van der Waals surface area contributed by atoms with Gasteiger partial charge in [0.2, 0.25) is 5.91 Å². The van der Waals surface area contributed by atoms with Crippen LogP contribution in [0, 0.1) is 5.41 Å². The van der Waals surface area contributed by atoms with Crippen LogP contribution in [0.5, 0.6) is 0 Å². The lowest BCUT2D eigenvalue weighted by Gasteiger charge is -2.37. The van der Waals surface area contributed by atoms with Gasteiger partial charge in [-0.05, 0) is 25.7 Å². The number of aliphatic hydroxyl groups excluding tert-OH is 1. The first-order valence-corrected chi connectivity index (χ1v) is 7.20. The zero-order valence-corrected chi connectivity index (χ0v) is 11.8. The maximum absolute atomic E-state index is 12.1. The molecule has 0 heterocycles. The van der Waals surface area contributed by atoms with Crippen molar-refractivity contribution in [3.63, 3.8) is 0 Å². The van der Waals surface area contributed by atoms with Gasteiger partial charge in [0.1, 0.15) is 0 Å². The lowest BCUT2D eigenvalue weighted by molar-refractivity contribution is -0.127. The molecule has 4 nitrogen and oxygen atoms in total. The second-order valence-electron chi connectivity index (χ2n) is 5.76. The molecule has 0 aliphatic heterocycles. The largest absolute Gasteiger partial charge is 0.396 e. The molecule has 1 aliphatic rings. The van der Waals surface area contributed by atoms with Gasteiger partial charge in [-0.25, -0.2) is 0 Å². The first-order chi connectivity index (χ1) is 8.52. The van der Waals surface area contributed by atoms with Crippen LogP contribution in [0.4, 0.5) is 0 Å². The Hall–Kier alpha value is -0.610. The van der Waals surface area contributed by atoms with Crippen molar-refractivity contribution >= 4 is 5.91 Å². The standard InChI is InChI=1S/C14H28N2O2/c1-3-14(15,4-2)12(18)16-10-13(11-17)8-6-5-7-9-13/h17H,3-11,15H2,1-2H3,(H,16,18). The van der Waals surface area contributed by atoms with Gasteiger partial charge in [0.05, 0.1) is 12.1 Å². The first kappa shape index (κ1) is 15.4. The predicted molar refractivity (Wildman–Crippen MR) is 73.1 cm³/mol. The van der Waals surface area contributed by atoms with Crippen LogP contribution in [0.1, 0.15) is 58.8 Å². The van der Waals surface area contributed by atoms with Gasteiger partial charge in [-0.15, -0.1) is 0 Å². The minimum atomic E-state index is -0.759. The third-order valence-electron chi connectivity index (χ3n) is 4.59. The molecule has 18 heavy (non-hydrogen) atoms. The molecule has 4 N–H and O–H groups in total. The summed E-state index contributed by atoms with van der Waals surface area (Å²) in [4.78, 5) is 12.1. The lowest BCUT2D eigenvalue weighted by atomic mass is 9.74. The minimum absolute atomic E-state index is 0.0779. The van der Waals surface area contributed by atoms with E-state index < -0.39 is 5.54 Å². The number of carbonyl (C=O) groups is 1. The van der Waals surface area contributed by atoms with Crippen LogP contribution in [0.15, 0.2) is 0 Å². The number of nitrogens with two attached hydrogens (primary N) is 1. The predicted octanol–water partition coefficient (Wildman–Crippen LogP) is 1.56. The molecule has 0 bridgehead atoms. The summed E-state index contributed by atoms with van der Waals surface area (Å²) < 4.78 is 0. The molecule has 0 aromatic rings. The van der Waals surface area contributed by atoms with E-state index in [4.69, 9.17) is 5.73 Å². The molecule has 0 atom stereocenters. The smallest absolute Gasteiger partial charge is 0.240 e. The molecule has 0 unspecified atom stereocenters. The zero-order valence-electron chi connectivity index (χ0n) is 11.8. The highest BCUT2D eigenvalue weighted by Crippen LogP contribution is 2.35. The van der Waals surface area contributed by atoms with E-state index in [1.54, 1.807) is 0 Å². The van der Waals surface area contributed by atoms with E-state index in [1.807, 2.05) is 13.8 Å². The van der Waals surface area contributed by atoms with Gasteiger partial charge >= 0.3 is 0 Å². The van der Waals surface area contributed by atoms with Crippen LogP contribution in [0.25, 0.3) is 0 Å². The molecule has 0 saturated heterocycles. The molecule has 1 amide bonds. The second kappa shape index (κ2) is 6.53. The number of aliphatic hydroxyl groups is 1. The van der Waals surface area contributed by atoms with Crippen molar-refractivity contribution in [2.75, 3.05) is 13.2 Å². The first-order valence-electron chi connectivity index (χ1n) is 7.20. The van der Waals surface area contributed by atoms with Gasteiger partial charge in [-0.3, -0.25) is 4.79 Å². The third-order valence-corrected chi connectivity index (χ3v) is 4.59. The van der Waals surface area contributed by atoms with Gasteiger partial charge in [0.15, 0.2) is 0 Å². The number of amides is 1. The Labute approximate surface area is 110 Å². The molecular weight excluding hydrogens is 228 g/mol. The quantitative estimate of drug-likeness (QED) is 0.675. The summed E-state index contributed by atoms with van der Waals surface area (Å²) in [6.07, 6.45) is 6.81. The van der Waals surface area contributed by atoms with Crippen molar-refractivity contribution in [3.8, 4) is 0 Å². The minimum Gasteiger partial charge on any atom is -0.396 e. The fraction of sp³-hybridized carbons (Fsp3) is 0.929. The van der Waals surface area contributed by atoms with Gasteiger partial charge in [-0.2, -0.15) is 0 Å². The zero-order chi connectivity index (χ0) is 13.6. The van der Waals surface area contributed by atoms with E-state index in [0.717, 1.165) is 25.7 Å². The van der Waals surface area contributed by atoms with Gasteiger partial charge < -0.3 is 16.2 Å². The fourth-order valence-corrected chi connectivity index (χ4v) is 2.71. The van der Waals surface area contributed by atoms with E-state index >= 15 is 0 Å². The van der Waals surface area contributed by atoms with Gasteiger partial charge in [0.25, 0.3) is 0 Å².